The van der Waals surface area contributed by atoms with Crippen LogP contribution in [0.5, 0.6) is 0 Å². The first-order valence-electron chi connectivity index (χ1n) is 13.1. The maximum absolute atomic E-state index is 11.3. The predicted octanol–water partition coefficient (Wildman–Crippen LogP) is 4.74. The van der Waals surface area contributed by atoms with Gasteiger partial charge in [-0.2, -0.15) is 11.8 Å². The zero-order chi connectivity index (χ0) is 27.6. The molecule has 0 spiro atoms. The van der Waals surface area contributed by atoms with Crippen molar-refractivity contribution in [1.29, 1.82) is 0 Å². The van der Waals surface area contributed by atoms with Crippen LogP contribution in [0.15, 0.2) is 53.9 Å². The van der Waals surface area contributed by atoms with Crippen LogP contribution in [0.25, 0.3) is 21.7 Å². The number of hydrogen-bond donors (Lipinski definition) is 1. The quantitative estimate of drug-likeness (QED) is 0.232. The van der Waals surface area contributed by atoms with Crippen LogP contribution in [0.4, 0.5) is 0 Å². The minimum Gasteiger partial charge on any atom is -0.550 e. The number of rotatable bonds is 12. The van der Waals surface area contributed by atoms with Gasteiger partial charge in [0.05, 0.1) is 10.6 Å². The third-order valence-corrected chi connectivity index (χ3v) is 11.5. The first kappa shape index (κ1) is 31.8. The van der Waals surface area contributed by atoms with Gasteiger partial charge in [-0.1, -0.05) is 66.2 Å². The number of aliphatic carboxylic acids is 1. The summed E-state index contributed by atoms with van der Waals surface area (Å²) in [5.41, 5.74) is 4.22. The van der Waals surface area contributed by atoms with E-state index in [1.807, 2.05) is 55.3 Å². The molecule has 1 N–H and O–H groups in total. The molecule has 2 aromatic heterocycles. The largest absolute Gasteiger partial charge is 1.00 e. The number of benzene rings is 2. The van der Waals surface area contributed by atoms with Crippen LogP contribution in [-0.4, -0.2) is 21.8 Å². The van der Waals surface area contributed by atoms with Crippen molar-refractivity contribution >= 4 is 73.7 Å². The van der Waals surface area contributed by atoms with Crippen LogP contribution in [-0.2, 0) is 16.8 Å². The Labute approximate surface area is 275 Å². The summed E-state index contributed by atoms with van der Waals surface area (Å²) in [6.45, 7) is 3.65. The van der Waals surface area contributed by atoms with Gasteiger partial charge < -0.3 is 15.0 Å². The summed E-state index contributed by atoms with van der Waals surface area (Å²) in [7, 11) is 0. The number of fused-ring (bicyclic) bond motifs is 1. The van der Waals surface area contributed by atoms with Crippen LogP contribution >= 0.6 is 46.0 Å². The Bertz CT molecular complexity index is 1500. The molecule has 2 heterocycles. The number of carboxylic acid groups (broad SMARTS) is 1. The average Bonchev–Trinajstić information content (AvgIpc) is 3.38. The molecular weight excluding hydrogens is 589 g/mol. The number of thiazole rings is 1. The van der Waals surface area contributed by atoms with E-state index in [4.69, 9.17) is 11.6 Å². The maximum Gasteiger partial charge on any atom is 1.00 e. The second-order valence-electron chi connectivity index (χ2n) is 10.9. The van der Waals surface area contributed by atoms with E-state index in [0.717, 1.165) is 62.7 Å². The fraction of sp³-hybridized carbons (Fsp3) is 0.355. The van der Waals surface area contributed by atoms with E-state index < -0.39 is 11.6 Å². The van der Waals surface area contributed by atoms with Crippen LogP contribution < -0.4 is 34.7 Å². The number of thioether (sulfide) groups is 1. The molecule has 5 rings (SSSR count). The minimum absolute atomic E-state index is 0. The molecule has 40 heavy (non-hydrogen) atoms. The first-order chi connectivity index (χ1) is 18.6. The molecule has 1 atom stereocenters. The van der Waals surface area contributed by atoms with E-state index >= 15 is 0 Å². The number of aryl methyl sites for hydroxylation is 1. The van der Waals surface area contributed by atoms with Gasteiger partial charge in [0.15, 0.2) is 0 Å². The second kappa shape index (κ2) is 13.4. The second-order valence-corrected chi connectivity index (χ2v) is 14.6. The monoisotopic (exact) mass is 619 g/mol. The zero-order valence-corrected chi connectivity index (χ0v) is 28.2. The molecule has 0 unspecified atom stereocenters. The van der Waals surface area contributed by atoms with Crippen molar-refractivity contribution in [3.63, 3.8) is 0 Å². The summed E-state index contributed by atoms with van der Waals surface area (Å²) in [5, 5.41) is 25.8. The van der Waals surface area contributed by atoms with Gasteiger partial charge in [-0.05, 0) is 85.4 Å². The minimum atomic E-state index is -0.959. The van der Waals surface area contributed by atoms with Gasteiger partial charge >= 0.3 is 29.6 Å². The number of carbonyl (C=O) groups excluding carboxylic acids is 1. The molecule has 1 saturated carbocycles. The van der Waals surface area contributed by atoms with Crippen molar-refractivity contribution in [2.24, 2.45) is 5.41 Å². The van der Waals surface area contributed by atoms with Gasteiger partial charge in [-0.3, -0.25) is 0 Å². The molecule has 0 saturated heterocycles. The SMILES string of the molecule is CC(C)(O)c1ccccc1CC[C@@H](SCC1(CC(=O)[O-])CC1)c1cccc(C=Cc2nc3c(Cl)csc3s2)c1.[Na+]. The molecule has 4 nitrogen and oxygen atoms in total. The van der Waals surface area contributed by atoms with Gasteiger partial charge in [0, 0.05) is 16.6 Å². The van der Waals surface area contributed by atoms with Gasteiger partial charge in [-0.25, -0.2) is 4.98 Å². The number of aromatic nitrogens is 1. The normalized spacial score (nSPS) is 15.3. The van der Waals surface area contributed by atoms with E-state index in [-0.39, 0.29) is 46.6 Å². The Morgan fingerprint density at radius 3 is 2.70 bits per heavy atom. The molecule has 0 amide bonds. The Kier molecular flexibility index (Phi) is 10.7. The fourth-order valence-electron chi connectivity index (χ4n) is 4.92. The molecular formula is C31H31ClNNaO3S3. The Hall–Kier alpha value is -1.16. The summed E-state index contributed by atoms with van der Waals surface area (Å²) in [4.78, 5) is 16.0. The topological polar surface area (TPSA) is 73.2 Å². The smallest absolute Gasteiger partial charge is 0.550 e. The summed E-state index contributed by atoms with van der Waals surface area (Å²) in [6, 6.07) is 16.6. The van der Waals surface area contributed by atoms with Crippen molar-refractivity contribution in [3.8, 4) is 0 Å². The Morgan fingerprint density at radius 2 is 2.00 bits per heavy atom. The number of thiophene rings is 1. The average molecular weight is 620 g/mol. The fourth-order valence-corrected chi connectivity index (χ4v) is 8.77. The van der Waals surface area contributed by atoms with Crippen LogP contribution in [0, 0.1) is 5.41 Å². The van der Waals surface area contributed by atoms with Crippen molar-refractivity contribution < 1.29 is 44.6 Å². The van der Waals surface area contributed by atoms with Crippen LogP contribution in [0.3, 0.4) is 0 Å². The summed E-state index contributed by atoms with van der Waals surface area (Å²) >= 11 is 11.3. The molecule has 0 bridgehead atoms. The van der Waals surface area contributed by atoms with Crippen molar-refractivity contribution in [1.82, 2.24) is 4.98 Å². The van der Waals surface area contributed by atoms with Crippen molar-refractivity contribution in [3.05, 3.63) is 86.2 Å². The Balaban J connectivity index is 0.00000370. The number of hydrogen-bond acceptors (Lipinski definition) is 7. The number of carboxylic acids is 1. The standard InChI is InChI=1S/C31H32ClNO3S3.Na/c1-30(2,36)23-9-4-3-7-21(23)11-12-25(38-19-31(14-15-31)17-27(34)35)22-8-5-6-20(16-22)10-13-26-33-28-24(32)18-37-29(28)39-26;/h3-10,13,16,18,25,36H,11-12,14-15,17,19H2,1-2H3,(H,34,35);/q;+1/p-1/t25-;/m1./s1. The number of aliphatic hydroxyl groups is 1. The molecule has 204 valence electrons. The van der Waals surface area contributed by atoms with Gasteiger partial charge in [0.2, 0.25) is 0 Å². The van der Waals surface area contributed by atoms with Crippen LogP contribution in [0.2, 0.25) is 5.02 Å². The van der Waals surface area contributed by atoms with Gasteiger partial charge in [0.25, 0.3) is 0 Å². The molecule has 0 radical (unpaired) electrons. The summed E-state index contributed by atoms with van der Waals surface area (Å²) < 4.78 is 1.13. The van der Waals surface area contributed by atoms with E-state index in [1.165, 1.54) is 5.56 Å². The van der Waals surface area contributed by atoms with Crippen molar-refractivity contribution in [2.75, 3.05) is 5.75 Å². The summed E-state index contributed by atoms with van der Waals surface area (Å²) in [5.74, 6) is -0.158. The molecule has 1 aliphatic carbocycles. The van der Waals surface area contributed by atoms with E-state index in [9.17, 15) is 15.0 Å². The molecule has 1 fully saturated rings. The first-order valence-corrected chi connectivity index (χ1v) is 16.2. The Morgan fingerprint density at radius 1 is 1.23 bits per heavy atom. The van der Waals surface area contributed by atoms with Crippen molar-refractivity contribution in [2.45, 2.75) is 56.8 Å². The molecule has 2 aromatic carbocycles. The number of carbonyl (C=O) groups is 1. The van der Waals surface area contributed by atoms with E-state index in [1.54, 1.807) is 22.7 Å². The van der Waals surface area contributed by atoms with E-state index in [2.05, 4.69) is 41.4 Å². The number of halogens is 1. The zero-order valence-electron chi connectivity index (χ0n) is 23.0. The van der Waals surface area contributed by atoms with Gasteiger partial charge in [0.1, 0.15) is 14.5 Å². The van der Waals surface area contributed by atoms with Crippen LogP contribution in [0.1, 0.15) is 72.0 Å². The third-order valence-electron chi connectivity index (χ3n) is 7.23. The molecule has 1 aliphatic rings. The van der Waals surface area contributed by atoms with Gasteiger partial charge in [-0.15, -0.1) is 22.7 Å². The third kappa shape index (κ3) is 8.01. The number of nitrogens with zero attached hydrogens (tertiary/aromatic N) is 1. The molecule has 4 aromatic rings. The molecule has 9 heteroatoms. The van der Waals surface area contributed by atoms with E-state index in [0.29, 0.717) is 5.02 Å². The predicted molar refractivity (Wildman–Crippen MR) is 164 cm³/mol. The molecule has 0 aliphatic heterocycles. The summed E-state index contributed by atoms with van der Waals surface area (Å²) in [6.07, 6.45) is 7.85. The maximum atomic E-state index is 11.3.